The maximum absolute atomic E-state index is 12.5. The van der Waals surface area contributed by atoms with E-state index in [4.69, 9.17) is 10.5 Å². The molecule has 2 rings (SSSR count). The highest BCUT2D eigenvalue weighted by Crippen LogP contribution is 2.53. The summed E-state index contributed by atoms with van der Waals surface area (Å²) in [5.41, 5.74) is 5.59. The number of amides is 1. The molecule has 0 radical (unpaired) electrons. The Morgan fingerprint density at radius 3 is 2.57 bits per heavy atom. The predicted molar refractivity (Wildman–Crippen MR) is 85.0 cm³/mol. The van der Waals surface area contributed by atoms with E-state index in [1.165, 1.54) is 32.1 Å². The fraction of sp³-hybridized carbons (Fsp3) is 0.941. The molecule has 0 aromatic rings. The Kier molecular flexibility index (Phi) is 5.31. The zero-order valence-electron chi connectivity index (χ0n) is 13.9. The molecule has 21 heavy (non-hydrogen) atoms. The summed E-state index contributed by atoms with van der Waals surface area (Å²) < 4.78 is 5.93. The van der Waals surface area contributed by atoms with Gasteiger partial charge in [-0.25, -0.2) is 0 Å². The highest BCUT2D eigenvalue weighted by Gasteiger charge is 2.56. The van der Waals surface area contributed by atoms with Crippen LogP contribution in [0.5, 0.6) is 0 Å². The van der Waals surface area contributed by atoms with Gasteiger partial charge in [0, 0.05) is 18.1 Å². The molecule has 2 aliphatic carbocycles. The van der Waals surface area contributed by atoms with Crippen LogP contribution >= 0.6 is 0 Å². The zero-order chi connectivity index (χ0) is 15.5. The third-order valence-electron chi connectivity index (χ3n) is 5.53. The second-order valence-electron chi connectivity index (χ2n) is 7.17. The average Bonchev–Trinajstić information content (AvgIpc) is 2.46. The first-order valence-electron chi connectivity index (χ1n) is 8.67. The van der Waals surface area contributed by atoms with Crippen molar-refractivity contribution in [1.82, 2.24) is 5.32 Å². The van der Waals surface area contributed by atoms with E-state index in [9.17, 15) is 4.79 Å². The lowest BCUT2D eigenvalue weighted by atomic mass is 9.55. The van der Waals surface area contributed by atoms with Crippen molar-refractivity contribution in [1.29, 1.82) is 0 Å². The molecule has 122 valence electrons. The van der Waals surface area contributed by atoms with Gasteiger partial charge in [0.1, 0.15) is 0 Å². The number of ether oxygens (including phenoxy) is 1. The first kappa shape index (κ1) is 16.8. The Balaban J connectivity index is 2.01. The highest BCUT2D eigenvalue weighted by atomic mass is 16.5. The van der Waals surface area contributed by atoms with Crippen molar-refractivity contribution < 1.29 is 9.53 Å². The molecule has 0 heterocycles. The predicted octanol–water partition coefficient (Wildman–Crippen LogP) is 2.75. The quantitative estimate of drug-likeness (QED) is 0.792. The molecule has 1 amide bonds. The summed E-state index contributed by atoms with van der Waals surface area (Å²) in [6, 6.07) is 0.251. The lowest BCUT2D eigenvalue weighted by molar-refractivity contribution is -0.159. The Bertz CT molecular complexity index is 362. The summed E-state index contributed by atoms with van der Waals surface area (Å²) in [6.45, 7) is 6.73. The third kappa shape index (κ3) is 3.26. The Hall–Kier alpha value is -0.610. The molecule has 0 aromatic heterocycles. The first-order chi connectivity index (χ1) is 9.96. The van der Waals surface area contributed by atoms with Crippen molar-refractivity contribution in [2.75, 3.05) is 6.61 Å². The van der Waals surface area contributed by atoms with Crippen LogP contribution in [0.2, 0.25) is 0 Å². The molecule has 1 spiro atoms. The van der Waals surface area contributed by atoms with Crippen LogP contribution in [-0.2, 0) is 9.53 Å². The number of hydrogen-bond donors (Lipinski definition) is 2. The highest BCUT2D eigenvalue weighted by molar-refractivity contribution is 5.86. The van der Waals surface area contributed by atoms with E-state index in [1.807, 2.05) is 6.92 Å². The van der Waals surface area contributed by atoms with E-state index in [0.29, 0.717) is 6.10 Å². The van der Waals surface area contributed by atoms with Gasteiger partial charge in [0.25, 0.3) is 0 Å². The van der Waals surface area contributed by atoms with Crippen LogP contribution < -0.4 is 11.1 Å². The Labute approximate surface area is 129 Å². The van der Waals surface area contributed by atoms with Gasteiger partial charge in [0.05, 0.1) is 11.6 Å². The molecule has 4 heteroatoms. The van der Waals surface area contributed by atoms with Gasteiger partial charge in [-0.2, -0.15) is 0 Å². The van der Waals surface area contributed by atoms with Crippen LogP contribution in [0.25, 0.3) is 0 Å². The minimum atomic E-state index is -0.749. The smallest absolute Gasteiger partial charge is 0.240 e. The third-order valence-corrected chi connectivity index (χ3v) is 5.53. The summed E-state index contributed by atoms with van der Waals surface area (Å²) in [7, 11) is 0. The Morgan fingerprint density at radius 1 is 1.33 bits per heavy atom. The molecule has 3 atom stereocenters. The lowest BCUT2D eigenvalue weighted by Gasteiger charge is -2.58. The van der Waals surface area contributed by atoms with Crippen molar-refractivity contribution in [2.24, 2.45) is 11.1 Å². The standard InChI is InChI=1S/C17H32N2O2/c1-4-9-16(3,18)15(20)19-13-12-14(21-5-2)17(13)10-7-6-8-11-17/h13-14H,4-12,18H2,1-3H3,(H,19,20). The topological polar surface area (TPSA) is 64.4 Å². The number of hydrogen-bond acceptors (Lipinski definition) is 3. The Morgan fingerprint density at radius 2 is 2.00 bits per heavy atom. The van der Waals surface area contributed by atoms with Gasteiger partial charge in [-0.1, -0.05) is 32.6 Å². The largest absolute Gasteiger partial charge is 0.378 e. The van der Waals surface area contributed by atoms with Gasteiger partial charge in [-0.15, -0.1) is 0 Å². The average molecular weight is 296 g/mol. The first-order valence-corrected chi connectivity index (χ1v) is 8.67. The summed E-state index contributed by atoms with van der Waals surface area (Å²) in [5, 5.41) is 3.25. The number of carbonyl (C=O) groups is 1. The van der Waals surface area contributed by atoms with E-state index >= 15 is 0 Å². The molecular formula is C17H32N2O2. The second kappa shape index (κ2) is 6.66. The van der Waals surface area contributed by atoms with Gasteiger partial charge < -0.3 is 15.8 Å². The molecule has 2 aliphatic rings. The summed E-state index contributed by atoms with van der Waals surface area (Å²) in [4.78, 5) is 12.5. The van der Waals surface area contributed by atoms with Crippen LogP contribution in [0, 0.1) is 5.41 Å². The monoisotopic (exact) mass is 296 g/mol. The summed E-state index contributed by atoms with van der Waals surface area (Å²) in [6.07, 6.45) is 9.10. The zero-order valence-corrected chi connectivity index (χ0v) is 13.9. The van der Waals surface area contributed by atoms with Gasteiger partial charge in [-0.3, -0.25) is 4.79 Å². The van der Waals surface area contributed by atoms with E-state index in [2.05, 4.69) is 19.2 Å². The van der Waals surface area contributed by atoms with Gasteiger partial charge in [0.2, 0.25) is 5.91 Å². The van der Waals surface area contributed by atoms with Crippen molar-refractivity contribution in [3.8, 4) is 0 Å². The molecule has 4 nitrogen and oxygen atoms in total. The molecule has 2 fully saturated rings. The minimum absolute atomic E-state index is 0.00856. The summed E-state index contributed by atoms with van der Waals surface area (Å²) in [5.74, 6) is 0.00856. The molecule has 2 saturated carbocycles. The minimum Gasteiger partial charge on any atom is -0.378 e. The van der Waals surface area contributed by atoms with E-state index in [-0.39, 0.29) is 17.4 Å². The van der Waals surface area contributed by atoms with Crippen LogP contribution in [0.4, 0.5) is 0 Å². The second-order valence-corrected chi connectivity index (χ2v) is 7.17. The van der Waals surface area contributed by atoms with Gasteiger partial charge in [-0.05, 0) is 39.5 Å². The maximum atomic E-state index is 12.5. The normalized spacial score (nSPS) is 30.5. The van der Waals surface area contributed by atoms with E-state index in [1.54, 1.807) is 0 Å². The molecule has 0 aliphatic heterocycles. The van der Waals surface area contributed by atoms with Crippen molar-refractivity contribution in [3.05, 3.63) is 0 Å². The number of carbonyl (C=O) groups excluding carboxylic acids is 1. The molecule has 0 aromatic carbocycles. The van der Waals surface area contributed by atoms with Crippen molar-refractivity contribution >= 4 is 5.91 Å². The summed E-state index contributed by atoms with van der Waals surface area (Å²) >= 11 is 0. The molecule has 0 saturated heterocycles. The molecule has 3 unspecified atom stereocenters. The molecule has 3 N–H and O–H groups in total. The number of rotatable bonds is 6. The van der Waals surface area contributed by atoms with Gasteiger partial charge in [0.15, 0.2) is 0 Å². The van der Waals surface area contributed by atoms with Gasteiger partial charge >= 0.3 is 0 Å². The lowest BCUT2D eigenvalue weighted by Crippen LogP contribution is -2.68. The van der Waals surface area contributed by atoms with Crippen LogP contribution in [0.15, 0.2) is 0 Å². The van der Waals surface area contributed by atoms with Crippen molar-refractivity contribution in [3.63, 3.8) is 0 Å². The fourth-order valence-electron chi connectivity index (χ4n) is 4.22. The number of nitrogens with one attached hydrogen (secondary N) is 1. The van der Waals surface area contributed by atoms with Crippen LogP contribution in [0.3, 0.4) is 0 Å². The van der Waals surface area contributed by atoms with Crippen LogP contribution in [-0.4, -0.2) is 30.2 Å². The molecular weight excluding hydrogens is 264 g/mol. The maximum Gasteiger partial charge on any atom is 0.240 e. The number of nitrogens with two attached hydrogens (primary N) is 1. The molecule has 0 bridgehead atoms. The fourth-order valence-corrected chi connectivity index (χ4v) is 4.22. The van der Waals surface area contributed by atoms with E-state index in [0.717, 1.165) is 25.9 Å². The van der Waals surface area contributed by atoms with E-state index < -0.39 is 5.54 Å². The SMILES string of the molecule is CCCC(C)(N)C(=O)NC1CC(OCC)C12CCCCC2. The van der Waals surface area contributed by atoms with Crippen LogP contribution in [0.1, 0.15) is 72.1 Å². The van der Waals surface area contributed by atoms with Crippen molar-refractivity contribution in [2.45, 2.75) is 89.8 Å².